The highest BCUT2D eigenvalue weighted by Crippen LogP contribution is 2.21. The predicted octanol–water partition coefficient (Wildman–Crippen LogP) is 2.62. The van der Waals surface area contributed by atoms with Gasteiger partial charge >= 0.3 is 6.03 Å². The number of likely N-dealkylation sites (tertiary alicyclic amines) is 1. The first kappa shape index (κ1) is 14.6. The summed E-state index contributed by atoms with van der Waals surface area (Å²) in [6, 6.07) is 5.24. The molecule has 7 nitrogen and oxygen atoms in total. The van der Waals surface area contributed by atoms with Gasteiger partial charge in [0, 0.05) is 25.1 Å². The van der Waals surface area contributed by atoms with Gasteiger partial charge in [0.25, 0.3) is 0 Å². The quantitative estimate of drug-likeness (QED) is 0.910. The highest BCUT2D eigenvalue weighted by molar-refractivity contribution is 7.14. The van der Waals surface area contributed by atoms with Crippen LogP contribution in [0.2, 0.25) is 0 Å². The van der Waals surface area contributed by atoms with Gasteiger partial charge in [-0.3, -0.25) is 10.1 Å². The molecule has 3 amide bonds. The molecule has 2 aromatic heterocycles. The molecule has 3 heterocycles. The molecule has 2 aromatic rings. The number of hydrogen-bond donors (Lipinski definition) is 2. The fourth-order valence-electron chi connectivity index (χ4n) is 2.38. The molecule has 0 radical (unpaired) electrons. The van der Waals surface area contributed by atoms with Crippen molar-refractivity contribution in [2.75, 3.05) is 23.7 Å². The fraction of sp³-hybridized carbons (Fsp3) is 0.357. The molecule has 0 aromatic carbocycles. The van der Waals surface area contributed by atoms with Crippen LogP contribution in [-0.2, 0) is 4.79 Å². The number of rotatable bonds is 3. The predicted molar refractivity (Wildman–Crippen MR) is 82.8 cm³/mol. The number of hydrogen-bond acceptors (Lipinski definition) is 5. The Morgan fingerprint density at radius 1 is 1.27 bits per heavy atom. The maximum atomic E-state index is 12.1. The summed E-state index contributed by atoms with van der Waals surface area (Å²) in [7, 11) is 0. The van der Waals surface area contributed by atoms with E-state index < -0.39 is 0 Å². The van der Waals surface area contributed by atoms with Crippen LogP contribution in [0, 0.1) is 5.92 Å². The summed E-state index contributed by atoms with van der Waals surface area (Å²) in [6.07, 6.45) is 2.69. The second-order valence-electron chi connectivity index (χ2n) is 5.04. The Bertz CT molecular complexity index is 562. The van der Waals surface area contributed by atoms with E-state index >= 15 is 0 Å². The molecule has 3 rings (SSSR count). The zero-order chi connectivity index (χ0) is 15.4. The minimum atomic E-state index is -0.113. The lowest BCUT2D eigenvalue weighted by Crippen LogP contribution is -2.43. The monoisotopic (exact) mass is 320 g/mol. The summed E-state index contributed by atoms with van der Waals surface area (Å²) in [6.45, 7) is 1.13. The van der Waals surface area contributed by atoms with Crippen LogP contribution in [0.1, 0.15) is 12.8 Å². The number of piperidine rings is 1. The number of carbonyl (C=O) groups is 2. The van der Waals surface area contributed by atoms with Gasteiger partial charge < -0.3 is 14.7 Å². The van der Waals surface area contributed by atoms with Crippen molar-refractivity contribution in [3.05, 3.63) is 29.8 Å². The van der Waals surface area contributed by atoms with E-state index in [9.17, 15) is 9.59 Å². The Kier molecular flexibility index (Phi) is 4.38. The molecule has 1 saturated heterocycles. The van der Waals surface area contributed by atoms with E-state index in [1.807, 2.05) is 17.5 Å². The second kappa shape index (κ2) is 6.61. The summed E-state index contributed by atoms with van der Waals surface area (Å²) < 4.78 is 4.68. The van der Waals surface area contributed by atoms with Gasteiger partial charge in [0.2, 0.25) is 5.91 Å². The van der Waals surface area contributed by atoms with Crippen LogP contribution in [0.4, 0.5) is 15.6 Å². The molecule has 0 aliphatic carbocycles. The van der Waals surface area contributed by atoms with Gasteiger partial charge in [-0.25, -0.2) is 4.79 Å². The van der Waals surface area contributed by atoms with Gasteiger partial charge in [-0.2, -0.15) is 0 Å². The van der Waals surface area contributed by atoms with Crippen molar-refractivity contribution in [3.63, 3.8) is 0 Å². The van der Waals surface area contributed by atoms with E-state index in [1.54, 1.807) is 11.0 Å². The lowest BCUT2D eigenvalue weighted by molar-refractivity contribution is -0.121. The number of carbonyl (C=O) groups excluding carboxylic acids is 2. The Labute approximate surface area is 131 Å². The molecule has 0 unspecified atom stereocenters. The highest BCUT2D eigenvalue weighted by Gasteiger charge is 2.27. The zero-order valence-corrected chi connectivity index (χ0v) is 12.6. The SMILES string of the molecule is O=C(Nc1ccon1)C1CCN(C(=O)Nc2cccs2)CC1. The maximum absolute atomic E-state index is 12.1. The molecule has 1 fully saturated rings. The third-order valence-corrected chi connectivity index (χ3v) is 4.38. The summed E-state index contributed by atoms with van der Waals surface area (Å²) in [4.78, 5) is 25.9. The Morgan fingerprint density at radius 2 is 2.09 bits per heavy atom. The van der Waals surface area contributed by atoms with Crippen molar-refractivity contribution in [1.29, 1.82) is 0 Å². The van der Waals surface area contributed by atoms with Gasteiger partial charge in [-0.1, -0.05) is 5.16 Å². The standard InChI is InChI=1S/C14H16N4O3S/c19-13(15-11-5-8-21-17-11)10-3-6-18(7-4-10)14(20)16-12-2-1-9-22-12/h1-2,5,8-10H,3-4,6-7H2,(H,16,20)(H,15,17,19). The van der Waals surface area contributed by atoms with Crippen LogP contribution in [0.15, 0.2) is 34.4 Å². The van der Waals surface area contributed by atoms with E-state index in [1.165, 1.54) is 17.6 Å². The first-order valence-corrected chi connectivity index (χ1v) is 7.91. The van der Waals surface area contributed by atoms with Crippen LogP contribution in [-0.4, -0.2) is 35.1 Å². The number of anilines is 2. The third-order valence-electron chi connectivity index (χ3n) is 3.59. The van der Waals surface area contributed by atoms with E-state index in [0.717, 1.165) is 5.00 Å². The Morgan fingerprint density at radius 3 is 2.73 bits per heavy atom. The first-order valence-electron chi connectivity index (χ1n) is 7.03. The number of amides is 3. The van der Waals surface area contributed by atoms with Gasteiger partial charge in [0.1, 0.15) is 6.26 Å². The summed E-state index contributed by atoms with van der Waals surface area (Å²) in [5, 5.41) is 12.0. The lowest BCUT2D eigenvalue weighted by atomic mass is 9.96. The van der Waals surface area contributed by atoms with E-state index in [-0.39, 0.29) is 17.9 Å². The largest absolute Gasteiger partial charge is 0.363 e. The van der Waals surface area contributed by atoms with Gasteiger partial charge in [0.15, 0.2) is 5.82 Å². The van der Waals surface area contributed by atoms with Crippen LogP contribution >= 0.6 is 11.3 Å². The molecule has 116 valence electrons. The summed E-state index contributed by atoms with van der Waals surface area (Å²) >= 11 is 1.48. The topological polar surface area (TPSA) is 87.5 Å². The zero-order valence-electron chi connectivity index (χ0n) is 11.8. The van der Waals surface area contributed by atoms with Crippen molar-refractivity contribution in [2.45, 2.75) is 12.8 Å². The highest BCUT2D eigenvalue weighted by atomic mass is 32.1. The normalized spacial score (nSPS) is 15.5. The van der Waals surface area contributed by atoms with E-state index in [2.05, 4.69) is 20.3 Å². The minimum Gasteiger partial charge on any atom is -0.363 e. The van der Waals surface area contributed by atoms with Crippen LogP contribution in [0.25, 0.3) is 0 Å². The number of nitrogens with zero attached hydrogens (tertiary/aromatic N) is 2. The average molecular weight is 320 g/mol. The maximum Gasteiger partial charge on any atom is 0.322 e. The third kappa shape index (κ3) is 3.45. The molecule has 0 bridgehead atoms. The number of urea groups is 1. The average Bonchev–Trinajstić information content (AvgIpc) is 3.21. The van der Waals surface area contributed by atoms with Crippen LogP contribution < -0.4 is 10.6 Å². The van der Waals surface area contributed by atoms with Crippen molar-refractivity contribution >= 4 is 34.1 Å². The van der Waals surface area contributed by atoms with E-state index in [0.29, 0.717) is 31.7 Å². The molecule has 8 heteroatoms. The molecule has 22 heavy (non-hydrogen) atoms. The molecule has 0 spiro atoms. The van der Waals surface area contributed by atoms with Gasteiger partial charge in [-0.05, 0) is 30.4 Å². The molecule has 1 aliphatic rings. The molecule has 0 saturated carbocycles. The van der Waals surface area contributed by atoms with Crippen LogP contribution in [0.3, 0.4) is 0 Å². The number of nitrogens with one attached hydrogen (secondary N) is 2. The van der Waals surface area contributed by atoms with Crippen molar-refractivity contribution in [2.24, 2.45) is 5.92 Å². The van der Waals surface area contributed by atoms with Crippen molar-refractivity contribution in [1.82, 2.24) is 10.1 Å². The molecular formula is C14H16N4O3S. The number of thiophene rings is 1. The Balaban J connectivity index is 1.47. The molecular weight excluding hydrogens is 304 g/mol. The minimum absolute atomic E-state index is 0.0767. The lowest BCUT2D eigenvalue weighted by Gasteiger charge is -2.31. The molecule has 2 N–H and O–H groups in total. The van der Waals surface area contributed by atoms with Crippen molar-refractivity contribution < 1.29 is 14.1 Å². The molecule has 0 atom stereocenters. The Hall–Kier alpha value is -2.35. The first-order chi connectivity index (χ1) is 10.7. The van der Waals surface area contributed by atoms with Gasteiger partial charge in [-0.15, -0.1) is 11.3 Å². The number of aromatic nitrogens is 1. The fourth-order valence-corrected chi connectivity index (χ4v) is 2.99. The van der Waals surface area contributed by atoms with Gasteiger partial charge in [0.05, 0.1) is 5.00 Å². The summed E-state index contributed by atoms with van der Waals surface area (Å²) in [5.41, 5.74) is 0. The van der Waals surface area contributed by atoms with Crippen LogP contribution in [0.5, 0.6) is 0 Å². The smallest absolute Gasteiger partial charge is 0.322 e. The van der Waals surface area contributed by atoms with E-state index in [4.69, 9.17) is 0 Å². The molecule has 1 aliphatic heterocycles. The summed E-state index contributed by atoms with van der Waals surface area (Å²) in [5.74, 6) is 0.234. The van der Waals surface area contributed by atoms with Crippen molar-refractivity contribution in [3.8, 4) is 0 Å². The second-order valence-corrected chi connectivity index (χ2v) is 5.99.